The summed E-state index contributed by atoms with van der Waals surface area (Å²) in [4.78, 5) is 0. The molecule has 0 spiro atoms. The van der Waals surface area contributed by atoms with Crippen molar-refractivity contribution in [3.63, 3.8) is 0 Å². The molecule has 3 nitrogen and oxygen atoms in total. The van der Waals surface area contributed by atoms with E-state index in [2.05, 4.69) is 4.74 Å². The van der Waals surface area contributed by atoms with Gasteiger partial charge in [0.05, 0.1) is 0 Å². The van der Waals surface area contributed by atoms with E-state index in [1.807, 2.05) is 0 Å². The quantitative estimate of drug-likeness (QED) is 0.546. The van der Waals surface area contributed by atoms with E-state index in [9.17, 15) is 18.4 Å². The number of aromatic nitrogens is 1. The second-order valence-electron chi connectivity index (χ2n) is 2.70. The number of ether oxygens (including phenoxy) is 1. The number of rotatable bonds is 2. The summed E-state index contributed by atoms with van der Waals surface area (Å²) in [6.07, 6.45) is -4.26. The topological polar surface area (TPSA) is 36.2 Å². The molecule has 1 aromatic heterocycles. The number of alkyl halides is 3. The predicted molar refractivity (Wildman–Crippen MR) is 41.5 cm³/mol. The first-order chi connectivity index (χ1) is 6.39. The van der Waals surface area contributed by atoms with Crippen molar-refractivity contribution in [2.45, 2.75) is 19.2 Å². The average Bonchev–Trinajstić information content (AvgIpc) is 2.02. The Bertz CT molecular complexity index is 314. The van der Waals surface area contributed by atoms with Crippen LogP contribution in [0.25, 0.3) is 0 Å². The molecule has 78 valence electrons. The molecule has 6 heteroatoms. The second kappa shape index (κ2) is 3.73. The lowest BCUT2D eigenvalue weighted by Gasteiger charge is -2.16. The summed E-state index contributed by atoms with van der Waals surface area (Å²) in [6.45, 7) is 0.877. The van der Waals surface area contributed by atoms with Crippen LogP contribution in [-0.2, 0) is 0 Å². The van der Waals surface area contributed by atoms with Crippen LogP contribution in [-0.4, -0.2) is 12.3 Å². The molecule has 0 radical (unpaired) electrons. The van der Waals surface area contributed by atoms with E-state index >= 15 is 0 Å². The van der Waals surface area contributed by atoms with Crippen LogP contribution in [0.15, 0.2) is 24.5 Å². The van der Waals surface area contributed by atoms with Crippen molar-refractivity contribution in [2.75, 3.05) is 0 Å². The van der Waals surface area contributed by atoms with Gasteiger partial charge >= 0.3 is 6.18 Å². The first-order valence-corrected chi connectivity index (χ1v) is 3.82. The lowest BCUT2D eigenvalue weighted by atomic mass is 10.4. The van der Waals surface area contributed by atoms with Crippen molar-refractivity contribution in [1.82, 2.24) is 0 Å². The van der Waals surface area contributed by atoms with E-state index in [-0.39, 0.29) is 5.75 Å². The van der Waals surface area contributed by atoms with Gasteiger partial charge in [-0.15, -0.1) is 0 Å². The Morgan fingerprint density at radius 2 is 2.14 bits per heavy atom. The van der Waals surface area contributed by atoms with Crippen molar-refractivity contribution in [1.29, 1.82) is 0 Å². The van der Waals surface area contributed by atoms with Gasteiger partial charge in [0.25, 0.3) is 0 Å². The van der Waals surface area contributed by atoms with Crippen molar-refractivity contribution in [3.05, 3.63) is 29.7 Å². The Morgan fingerprint density at radius 1 is 1.50 bits per heavy atom. The predicted octanol–water partition coefficient (Wildman–Crippen LogP) is 1.65. The smallest absolute Gasteiger partial charge is 0.425 e. The molecule has 1 rings (SSSR count). The summed E-state index contributed by atoms with van der Waals surface area (Å²) in [5, 5.41) is 10.7. The molecular formula is C8H8F3NO2. The zero-order valence-electron chi connectivity index (χ0n) is 7.28. The number of nitrogens with zero attached hydrogens (tertiary/aromatic N) is 1. The third kappa shape index (κ3) is 2.79. The van der Waals surface area contributed by atoms with Crippen LogP contribution < -0.4 is 9.47 Å². The number of hydrogen-bond donors (Lipinski definition) is 0. The lowest BCUT2D eigenvalue weighted by Crippen LogP contribution is -2.32. The van der Waals surface area contributed by atoms with Crippen molar-refractivity contribution in [3.8, 4) is 5.75 Å². The highest BCUT2D eigenvalue weighted by molar-refractivity contribution is 5.13. The molecule has 0 aliphatic heterocycles. The van der Waals surface area contributed by atoms with E-state index in [0.717, 1.165) is 19.3 Å². The first kappa shape index (κ1) is 10.6. The summed E-state index contributed by atoms with van der Waals surface area (Å²) >= 11 is 0. The van der Waals surface area contributed by atoms with Crippen LogP contribution in [0.4, 0.5) is 13.2 Å². The van der Waals surface area contributed by atoms with E-state index < -0.39 is 12.3 Å². The third-order valence-corrected chi connectivity index (χ3v) is 1.52. The maximum Gasteiger partial charge on any atom is 0.425 e. The van der Waals surface area contributed by atoms with Gasteiger partial charge in [0.1, 0.15) is 0 Å². The van der Waals surface area contributed by atoms with Gasteiger partial charge in [-0.1, -0.05) is 0 Å². The van der Waals surface area contributed by atoms with E-state index in [0.29, 0.717) is 4.73 Å². The van der Waals surface area contributed by atoms with E-state index in [1.165, 1.54) is 12.1 Å². The summed E-state index contributed by atoms with van der Waals surface area (Å²) in [6, 6.07) is 2.60. The molecule has 1 heterocycles. The van der Waals surface area contributed by atoms with Crippen molar-refractivity contribution < 1.29 is 22.6 Å². The fraction of sp³-hybridized carbons (Fsp3) is 0.375. The normalized spacial score (nSPS) is 13.7. The van der Waals surface area contributed by atoms with Crippen LogP contribution in [0.3, 0.4) is 0 Å². The van der Waals surface area contributed by atoms with Crippen molar-refractivity contribution in [2.24, 2.45) is 0 Å². The molecule has 0 fully saturated rings. The summed E-state index contributed by atoms with van der Waals surface area (Å²) < 4.78 is 41.0. The van der Waals surface area contributed by atoms with Gasteiger partial charge in [0.15, 0.2) is 18.1 Å². The number of halogens is 3. The summed E-state index contributed by atoms with van der Waals surface area (Å²) in [5.41, 5.74) is 0. The molecule has 0 unspecified atom stereocenters. The van der Waals surface area contributed by atoms with Gasteiger partial charge in [0.2, 0.25) is 6.20 Å². The monoisotopic (exact) mass is 207 g/mol. The first-order valence-electron chi connectivity index (χ1n) is 3.82. The van der Waals surface area contributed by atoms with Crippen LogP contribution in [0.2, 0.25) is 0 Å². The van der Waals surface area contributed by atoms with Gasteiger partial charge in [-0.05, 0) is 13.0 Å². The van der Waals surface area contributed by atoms with E-state index in [1.54, 1.807) is 0 Å². The molecule has 0 aliphatic rings. The Hall–Kier alpha value is -1.46. The average molecular weight is 207 g/mol. The minimum Gasteiger partial charge on any atom is -0.619 e. The van der Waals surface area contributed by atoms with Crippen LogP contribution in [0.5, 0.6) is 5.75 Å². The van der Waals surface area contributed by atoms with Gasteiger partial charge in [0, 0.05) is 6.07 Å². The summed E-state index contributed by atoms with van der Waals surface area (Å²) in [5.74, 6) is -0.104. The van der Waals surface area contributed by atoms with Crippen LogP contribution >= 0.6 is 0 Å². The molecule has 1 aromatic rings. The zero-order valence-corrected chi connectivity index (χ0v) is 7.28. The van der Waals surface area contributed by atoms with Gasteiger partial charge < -0.3 is 9.94 Å². The molecule has 0 aromatic carbocycles. The molecule has 0 amide bonds. The Morgan fingerprint density at radius 3 is 2.64 bits per heavy atom. The molecular weight excluding hydrogens is 199 g/mol. The molecule has 0 saturated carbocycles. The Balaban J connectivity index is 2.70. The van der Waals surface area contributed by atoms with Gasteiger partial charge in [-0.25, -0.2) is 0 Å². The second-order valence-corrected chi connectivity index (χ2v) is 2.70. The highest BCUT2D eigenvalue weighted by Crippen LogP contribution is 2.23. The largest absolute Gasteiger partial charge is 0.619 e. The highest BCUT2D eigenvalue weighted by atomic mass is 19.4. The van der Waals surface area contributed by atoms with Gasteiger partial charge in [-0.2, -0.15) is 17.9 Å². The third-order valence-electron chi connectivity index (χ3n) is 1.52. The lowest BCUT2D eigenvalue weighted by molar-refractivity contribution is -0.605. The fourth-order valence-electron chi connectivity index (χ4n) is 0.775. The minimum absolute atomic E-state index is 0.104. The SMILES string of the molecule is C[C@H](Oc1ccc[n+]([O-])c1)C(F)(F)F. The Kier molecular flexibility index (Phi) is 2.83. The molecule has 0 N–H and O–H groups in total. The van der Waals surface area contributed by atoms with Gasteiger partial charge in [-0.3, -0.25) is 0 Å². The zero-order chi connectivity index (χ0) is 10.8. The minimum atomic E-state index is -4.43. The maximum atomic E-state index is 12.0. The summed E-state index contributed by atoms with van der Waals surface area (Å²) in [7, 11) is 0. The fourth-order valence-corrected chi connectivity index (χ4v) is 0.775. The van der Waals surface area contributed by atoms with Crippen LogP contribution in [0.1, 0.15) is 6.92 Å². The van der Waals surface area contributed by atoms with Crippen LogP contribution in [0, 0.1) is 5.21 Å². The standard InChI is InChI=1S/C8H8F3NO2/c1-6(8(9,10)11)14-7-3-2-4-12(13)5-7/h2-6H,1H3/t6-/m0/s1. The molecule has 0 saturated heterocycles. The number of hydrogen-bond acceptors (Lipinski definition) is 2. The molecule has 14 heavy (non-hydrogen) atoms. The van der Waals surface area contributed by atoms with Crippen molar-refractivity contribution >= 4 is 0 Å². The van der Waals surface area contributed by atoms with E-state index in [4.69, 9.17) is 0 Å². The number of pyridine rings is 1. The molecule has 0 bridgehead atoms. The maximum absolute atomic E-state index is 12.0. The molecule has 1 atom stereocenters. The Labute approximate surface area is 78.3 Å². The highest BCUT2D eigenvalue weighted by Gasteiger charge is 2.38. The molecule has 0 aliphatic carbocycles.